The zero-order valence-electron chi connectivity index (χ0n) is 15.0. The number of anilines is 1. The average molecular weight is 371 g/mol. The number of aromatic nitrogens is 4. The molecule has 1 amide bonds. The zero-order valence-corrected chi connectivity index (χ0v) is 15.0. The highest BCUT2D eigenvalue weighted by Crippen LogP contribution is 2.39. The van der Waals surface area contributed by atoms with Crippen LogP contribution in [0.1, 0.15) is 29.5 Å². The number of carbonyl (C=O) groups excluding carboxylic acids is 1. The molecule has 0 N–H and O–H groups in total. The molecule has 0 spiro atoms. The van der Waals surface area contributed by atoms with E-state index in [4.69, 9.17) is 4.74 Å². The zero-order chi connectivity index (χ0) is 19.2. The maximum atomic E-state index is 13.2. The molecule has 10 heteroatoms. The summed E-state index contributed by atoms with van der Waals surface area (Å²) in [4.78, 5) is 13.9. The summed E-state index contributed by atoms with van der Waals surface area (Å²) in [5, 5.41) is 8.14. The molecule has 0 saturated carbocycles. The van der Waals surface area contributed by atoms with Gasteiger partial charge < -0.3 is 4.74 Å². The van der Waals surface area contributed by atoms with Crippen molar-refractivity contribution in [3.8, 4) is 5.75 Å². The van der Waals surface area contributed by atoms with E-state index < -0.39 is 18.1 Å². The van der Waals surface area contributed by atoms with Gasteiger partial charge in [0.15, 0.2) is 18.4 Å². The second-order valence-corrected chi connectivity index (χ2v) is 6.39. The normalized spacial score (nSPS) is 17.3. The van der Waals surface area contributed by atoms with Crippen molar-refractivity contribution in [2.75, 3.05) is 18.1 Å². The van der Waals surface area contributed by atoms with Crippen molar-refractivity contribution < 1.29 is 22.7 Å². The van der Waals surface area contributed by atoms with E-state index in [0.717, 1.165) is 10.4 Å². The Morgan fingerprint density at radius 3 is 2.58 bits per heavy atom. The van der Waals surface area contributed by atoms with Crippen molar-refractivity contribution in [2.24, 2.45) is 7.05 Å². The van der Waals surface area contributed by atoms with Crippen molar-refractivity contribution >= 4 is 11.7 Å². The van der Waals surface area contributed by atoms with Gasteiger partial charge in [-0.3, -0.25) is 14.4 Å². The third-order valence-corrected chi connectivity index (χ3v) is 4.50. The van der Waals surface area contributed by atoms with Crippen LogP contribution < -0.4 is 9.64 Å². The van der Waals surface area contributed by atoms with Gasteiger partial charge in [0, 0.05) is 19.7 Å². The number of hydrogen-bond acceptors (Lipinski definition) is 4. The number of rotatable bonds is 3. The third-order valence-electron chi connectivity index (χ3n) is 4.50. The monoisotopic (exact) mass is 371 g/mol. The maximum absolute atomic E-state index is 13.2. The number of ether oxygens (including phenoxy) is 1. The van der Waals surface area contributed by atoms with E-state index in [2.05, 4.69) is 10.2 Å². The lowest BCUT2D eigenvalue weighted by atomic mass is 10.1. The van der Waals surface area contributed by atoms with E-state index in [-0.39, 0.29) is 25.4 Å². The molecule has 1 aliphatic heterocycles. The summed E-state index contributed by atoms with van der Waals surface area (Å²) in [6, 6.07) is -0.241. The first-order chi connectivity index (χ1) is 12.1. The molecule has 7 nitrogen and oxygen atoms in total. The predicted octanol–water partition coefficient (Wildman–Crippen LogP) is 2.46. The Labute approximate surface area is 148 Å². The number of alkyl halides is 3. The highest BCUT2D eigenvalue weighted by molar-refractivity contribution is 5.94. The van der Waals surface area contributed by atoms with Crippen LogP contribution >= 0.6 is 0 Å². The molecule has 1 aliphatic rings. The van der Waals surface area contributed by atoms with Gasteiger partial charge in [0.05, 0.1) is 11.4 Å². The molecular weight excluding hydrogens is 351 g/mol. The first-order valence-corrected chi connectivity index (χ1v) is 8.15. The fourth-order valence-corrected chi connectivity index (χ4v) is 3.15. The van der Waals surface area contributed by atoms with Crippen LogP contribution in [0.2, 0.25) is 0 Å². The topological polar surface area (TPSA) is 65.2 Å². The maximum Gasteiger partial charge on any atom is 0.410 e. The number of amides is 1. The Bertz CT molecular complexity index is 840. The Kier molecular flexibility index (Phi) is 4.45. The molecule has 3 heterocycles. The van der Waals surface area contributed by atoms with Gasteiger partial charge in [-0.25, -0.2) is 4.68 Å². The molecule has 0 fully saturated rings. The smallest absolute Gasteiger partial charge is 0.410 e. The van der Waals surface area contributed by atoms with E-state index in [9.17, 15) is 18.0 Å². The van der Waals surface area contributed by atoms with Gasteiger partial charge in [-0.1, -0.05) is 0 Å². The van der Waals surface area contributed by atoms with Gasteiger partial charge in [0.2, 0.25) is 0 Å². The van der Waals surface area contributed by atoms with Crippen LogP contribution in [0.5, 0.6) is 5.75 Å². The van der Waals surface area contributed by atoms with Crippen LogP contribution in [0.25, 0.3) is 0 Å². The largest absolute Gasteiger partial charge is 0.480 e. The molecule has 1 unspecified atom stereocenters. The van der Waals surface area contributed by atoms with E-state index >= 15 is 0 Å². The van der Waals surface area contributed by atoms with Crippen LogP contribution in [0.4, 0.5) is 19.0 Å². The first kappa shape index (κ1) is 18.3. The highest BCUT2D eigenvalue weighted by atomic mass is 19.4. The molecule has 1 atom stereocenters. The van der Waals surface area contributed by atoms with Gasteiger partial charge in [-0.2, -0.15) is 23.4 Å². The summed E-state index contributed by atoms with van der Waals surface area (Å²) >= 11 is 0. The quantitative estimate of drug-likeness (QED) is 0.831. The molecule has 26 heavy (non-hydrogen) atoms. The number of hydrogen-bond donors (Lipinski definition) is 0. The highest BCUT2D eigenvalue weighted by Gasteiger charge is 2.46. The predicted molar refractivity (Wildman–Crippen MR) is 87.2 cm³/mol. The summed E-state index contributed by atoms with van der Waals surface area (Å²) in [6.07, 6.45) is -4.66. The Morgan fingerprint density at radius 2 is 2.00 bits per heavy atom. The molecule has 0 aliphatic carbocycles. The van der Waals surface area contributed by atoms with Crippen LogP contribution in [0.15, 0.2) is 6.07 Å². The standard InChI is InChI=1S/C16H20F3N5O2/c1-9-7-13-23(6-5-12(16(17,18)19)24(13)20-9)14(25)8-26-15-10(2)21-22(4)11(15)3/h7,12H,5-6,8H2,1-4H3. The molecule has 2 aromatic heterocycles. The minimum Gasteiger partial charge on any atom is -0.480 e. The lowest BCUT2D eigenvalue weighted by Gasteiger charge is -2.33. The summed E-state index contributed by atoms with van der Waals surface area (Å²) in [5.74, 6) is 0.231. The SMILES string of the molecule is Cc1cc2n(n1)C(C(F)(F)F)CCN2C(=O)COc1c(C)nn(C)c1C. The Balaban J connectivity index is 1.79. The average Bonchev–Trinajstić information content (AvgIpc) is 3.03. The molecule has 3 rings (SSSR count). The van der Waals surface area contributed by atoms with Crippen molar-refractivity contribution in [3.63, 3.8) is 0 Å². The molecule has 0 aromatic carbocycles. The van der Waals surface area contributed by atoms with Crippen LogP contribution in [0.3, 0.4) is 0 Å². The molecular formula is C16H20F3N5O2. The number of nitrogens with zero attached hydrogens (tertiary/aromatic N) is 5. The van der Waals surface area contributed by atoms with Gasteiger partial charge in [0.1, 0.15) is 11.5 Å². The Morgan fingerprint density at radius 1 is 1.31 bits per heavy atom. The number of aryl methyl sites for hydroxylation is 3. The molecule has 0 saturated heterocycles. The van der Waals surface area contributed by atoms with E-state index in [1.807, 2.05) is 6.92 Å². The van der Waals surface area contributed by atoms with Crippen LogP contribution in [-0.2, 0) is 11.8 Å². The van der Waals surface area contributed by atoms with Crippen molar-refractivity contribution in [3.05, 3.63) is 23.1 Å². The first-order valence-electron chi connectivity index (χ1n) is 8.15. The van der Waals surface area contributed by atoms with Gasteiger partial charge >= 0.3 is 6.18 Å². The second kappa shape index (κ2) is 6.33. The molecule has 0 bridgehead atoms. The minimum absolute atomic E-state index is 0.0392. The van der Waals surface area contributed by atoms with Gasteiger partial charge in [0.25, 0.3) is 5.91 Å². The van der Waals surface area contributed by atoms with E-state index in [1.165, 1.54) is 11.0 Å². The fourth-order valence-electron chi connectivity index (χ4n) is 3.15. The lowest BCUT2D eigenvalue weighted by molar-refractivity contribution is -0.173. The van der Waals surface area contributed by atoms with Crippen molar-refractivity contribution in [1.82, 2.24) is 19.6 Å². The summed E-state index contributed by atoms with van der Waals surface area (Å²) in [5.41, 5.74) is 1.84. The second-order valence-electron chi connectivity index (χ2n) is 6.39. The van der Waals surface area contributed by atoms with Crippen molar-refractivity contribution in [1.29, 1.82) is 0 Å². The number of halogens is 3. The molecule has 0 radical (unpaired) electrons. The number of carbonyl (C=O) groups is 1. The summed E-state index contributed by atoms with van der Waals surface area (Å²) in [6.45, 7) is 4.85. The minimum atomic E-state index is -4.41. The summed E-state index contributed by atoms with van der Waals surface area (Å²) < 4.78 is 47.8. The summed E-state index contributed by atoms with van der Waals surface area (Å²) in [7, 11) is 1.76. The lowest BCUT2D eigenvalue weighted by Crippen LogP contribution is -2.44. The van der Waals surface area contributed by atoms with E-state index in [0.29, 0.717) is 17.1 Å². The van der Waals surface area contributed by atoms with Gasteiger partial charge in [-0.05, 0) is 27.2 Å². The van der Waals surface area contributed by atoms with Crippen LogP contribution in [-0.4, -0.2) is 44.8 Å². The van der Waals surface area contributed by atoms with Crippen molar-refractivity contribution in [2.45, 2.75) is 39.4 Å². The van der Waals surface area contributed by atoms with Crippen LogP contribution in [0, 0.1) is 20.8 Å². The molecule has 142 valence electrons. The van der Waals surface area contributed by atoms with E-state index in [1.54, 1.807) is 25.6 Å². The Hall–Kier alpha value is -2.52. The molecule has 2 aromatic rings. The fraction of sp³-hybridized carbons (Fsp3) is 0.562. The third kappa shape index (κ3) is 3.15. The van der Waals surface area contributed by atoms with Gasteiger partial charge in [-0.15, -0.1) is 0 Å². The number of fused-ring (bicyclic) bond motifs is 1.